The smallest absolute Gasteiger partial charge is 0.341 e. The van der Waals surface area contributed by atoms with Gasteiger partial charge in [0.2, 0.25) is 5.91 Å². The molecule has 1 saturated carbocycles. The number of carbonyl (C=O) groups is 2. The number of thiophene rings is 1. The number of hydrogen-bond donors (Lipinski definition) is 1. The number of nitrogens with zero attached hydrogens (tertiary/aromatic N) is 3. The fraction of sp³-hybridized carbons (Fsp3) is 0.407. The second-order valence-electron chi connectivity index (χ2n) is 8.62. The summed E-state index contributed by atoms with van der Waals surface area (Å²) >= 11 is 2.67. The quantitative estimate of drug-likeness (QED) is 0.171. The lowest BCUT2D eigenvalue weighted by atomic mass is 10.2. The van der Waals surface area contributed by atoms with E-state index in [1.54, 1.807) is 19.1 Å². The first kappa shape index (κ1) is 26.9. The number of rotatable bonds is 12. The molecule has 1 aromatic carbocycles. The maximum absolute atomic E-state index is 12.8. The number of aryl methyl sites for hydroxylation is 1. The molecule has 37 heavy (non-hydrogen) atoms. The number of carbonyl (C=O) groups excluding carboxylic acids is 2. The molecule has 3 aromatic rings. The Balaban J connectivity index is 1.42. The summed E-state index contributed by atoms with van der Waals surface area (Å²) in [6, 6.07) is 9.67. The Morgan fingerprint density at radius 2 is 1.97 bits per heavy atom. The Kier molecular flexibility index (Phi) is 9.40. The van der Waals surface area contributed by atoms with Gasteiger partial charge in [-0.25, -0.2) is 4.79 Å². The largest absolute Gasteiger partial charge is 0.490 e. The molecule has 0 unspecified atom stereocenters. The number of nitrogens with one attached hydrogen (secondary N) is 1. The molecule has 2 aromatic heterocycles. The van der Waals surface area contributed by atoms with E-state index in [0.29, 0.717) is 34.2 Å². The van der Waals surface area contributed by atoms with E-state index >= 15 is 0 Å². The van der Waals surface area contributed by atoms with E-state index in [-0.39, 0.29) is 18.3 Å². The fourth-order valence-corrected chi connectivity index (χ4v) is 5.89. The lowest BCUT2D eigenvalue weighted by Crippen LogP contribution is -2.16. The van der Waals surface area contributed by atoms with E-state index in [0.717, 1.165) is 35.5 Å². The van der Waals surface area contributed by atoms with Gasteiger partial charge in [0.25, 0.3) is 0 Å². The number of anilines is 1. The van der Waals surface area contributed by atoms with Gasteiger partial charge in [-0.05, 0) is 69.4 Å². The van der Waals surface area contributed by atoms with Gasteiger partial charge in [0.1, 0.15) is 10.8 Å². The zero-order chi connectivity index (χ0) is 26.2. The van der Waals surface area contributed by atoms with Crippen molar-refractivity contribution in [3.63, 3.8) is 0 Å². The predicted molar refractivity (Wildman–Crippen MR) is 148 cm³/mol. The molecule has 0 aliphatic heterocycles. The summed E-state index contributed by atoms with van der Waals surface area (Å²) in [6.45, 7) is 8.40. The van der Waals surface area contributed by atoms with E-state index in [9.17, 15) is 9.59 Å². The number of benzene rings is 1. The van der Waals surface area contributed by atoms with Crippen LogP contribution in [0.15, 0.2) is 48.1 Å². The highest BCUT2D eigenvalue weighted by Gasteiger charge is 2.21. The first-order valence-electron chi connectivity index (χ1n) is 12.6. The molecule has 1 N–H and O–H groups in total. The van der Waals surface area contributed by atoms with Crippen LogP contribution in [0.1, 0.15) is 54.8 Å². The summed E-state index contributed by atoms with van der Waals surface area (Å²) in [4.78, 5) is 26.1. The Morgan fingerprint density at radius 1 is 1.22 bits per heavy atom. The molecule has 196 valence electrons. The maximum Gasteiger partial charge on any atom is 0.341 e. The Hall–Kier alpha value is -3.11. The minimum absolute atomic E-state index is 0.116. The number of amides is 1. The van der Waals surface area contributed by atoms with Crippen LogP contribution in [-0.2, 0) is 22.5 Å². The van der Waals surface area contributed by atoms with Crippen LogP contribution >= 0.6 is 23.1 Å². The monoisotopic (exact) mass is 540 g/mol. The van der Waals surface area contributed by atoms with Crippen molar-refractivity contribution in [1.82, 2.24) is 14.8 Å². The molecule has 1 fully saturated rings. The summed E-state index contributed by atoms with van der Waals surface area (Å²) in [7, 11) is 0. The van der Waals surface area contributed by atoms with Crippen molar-refractivity contribution in [2.24, 2.45) is 0 Å². The summed E-state index contributed by atoms with van der Waals surface area (Å²) in [5.41, 5.74) is 1.30. The highest BCUT2D eigenvalue weighted by atomic mass is 32.2. The first-order chi connectivity index (χ1) is 18.0. The third-order valence-electron chi connectivity index (χ3n) is 5.96. The Bertz CT molecular complexity index is 1230. The van der Waals surface area contributed by atoms with Crippen molar-refractivity contribution in [2.45, 2.75) is 63.8 Å². The van der Waals surface area contributed by atoms with Crippen LogP contribution in [0.3, 0.4) is 0 Å². The third-order valence-corrected chi connectivity index (χ3v) is 8.12. The third kappa shape index (κ3) is 6.81. The molecule has 0 atom stereocenters. The molecular weight excluding hydrogens is 508 g/mol. The van der Waals surface area contributed by atoms with Crippen molar-refractivity contribution >= 4 is 40.0 Å². The molecule has 1 aliphatic rings. The van der Waals surface area contributed by atoms with Crippen molar-refractivity contribution in [3.05, 3.63) is 53.4 Å². The van der Waals surface area contributed by atoms with Crippen LogP contribution in [0, 0.1) is 0 Å². The van der Waals surface area contributed by atoms with Crippen LogP contribution < -0.4 is 10.1 Å². The molecule has 0 radical (unpaired) electrons. The number of aromatic nitrogens is 3. The van der Waals surface area contributed by atoms with Gasteiger partial charge in [-0.2, -0.15) is 0 Å². The average Bonchev–Trinajstić information content (AvgIpc) is 3.64. The van der Waals surface area contributed by atoms with E-state index in [1.165, 1.54) is 35.9 Å². The van der Waals surface area contributed by atoms with Gasteiger partial charge in [-0.1, -0.05) is 24.8 Å². The minimum Gasteiger partial charge on any atom is -0.490 e. The molecule has 8 nitrogen and oxygen atoms in total. The molecule has 0 spiro atoms. The first-order valence-corrected chi connectivity index (χ1v) is 14.4. The molecule has 4 rings (SSSR count). The standard InChI is InChI=1S/C27H32N4O4S2/c1-4-15-31-24(18-11-13-20(14-12-18)35-19-9-7-8-10-19)29-30-27(31)36-17-23(32)28-25-22(26(33)34-6-3)16-21(5-2)37-25/h4,11-14,16,19H,1,5-10,15,17H2,2-3H3,(H,28,32). The number of hydrogen-bond acceptors (Lipinski definition) is 8. The fourth-order valence-electron chi connectivity index (χ4n) is 4.15. The van der Waals surface area contributed by atoms with Gasteiger partial charge in [-0.15, -0.1) is 28.1 Å². The zero-order valence-corrected chi connectivity index (χ0v) is 22.8. The van der Waals surface area contributed by atoms with Crippen LogP contribution in [0.25, 0.3) is 11.4 Å². The van der Waals surface area contributed by atoms with E-state index in [1.807, 2.05) is 35.8 Å². The average molecular weight is 541 g/mol. The van der Waals surface area contributed by atoms with E-state index < -0.39 is 5.97 Å². The molecule has 0 saturated heterocycles. The number of esters is 1. The molecule has 2 heterocycles. The minimum atomic E-state index is -0.434. The molecule has 1 amide bonds. The summed E-state index contributed by atoms with van der Waals surface area (Å²) in [5.74, 6) is 1.01. The molecule has 1 aliphatic carbocycles. The normalized spacial score (nSPS) is 13.5. The topological polar surface area (TPSA) is 95.3 Å². The van der Waals surface area contributed by atoms with Crippen LogP contribution in [0.4, 0.5) is 5.00 Å². The summed E-state index contributed by atoms with van der Waals surface area (Å²) in [6.07, 6.45) is 7.53. The van der Waals surface area contributed by atoms with Crippen molar-refractivity contribution < 1.29 is 19.1 Å². The van der Waals surface area contributed by atoms with Crippen molar-refractivity contribution in [3.8, 4) is 17.1 Å². The van der Waals surface area contributed by atoms with Gasteiger partial charge >= 0.3 is 5.97 Å². The SMILES string of the molecule is C=CCn1c(SCC(=O)Nc2sc(CC)cc2C(=O)OCC)nnc1-c1ccc(OC2CCCC2)cc1. The van der Waals surface area contributed by atoms with Crippen LogP contribution in [-0.4, -0.2) is 45.1 Å². The molecule has 0 bridgehead atoms. The van der Waals surface area contributed by atoms with Crippen molar-refractivity contribution in [1.29, 1.82) is 0 Å². The van der Waals surface area contributed by atoms with Crippen LogP contribution in [0.5, 0.6) is 5.75 Å². The highest BCUT2D eigenvalue weighted by Crippen LogP contribution is 2.31. The number of allylic oxidation sites excluding steroid dienone is 1. The Labute approximate surface area is 225 Å². The zero-order valence-electron chi connectivity index (χ0n) is 21.2. The summed E-state index contributed by atoms with van der Waals surface area (Å²) in [5, 5.41) is 12.7. The summed E-state index contributed by atoms with van der Waals surface area (Å²) < 4.78 is 13.1. The van der Waals surface area contributed by atoms with Crippen molar-refractivity contribution in [2.75, 3.05) is 17.7 Å². The number of thioether (sulfide) groups is 1. The lowest BCUT2D eigenvalue weighted by molar-refractivity contribution is -0.113. The van der Waals surface area contributed by atoms with Gasteiger partial charge in [-0.3, -0.25) is 9.36 Å². The number of ether oxygens (including phenoxy) is 2. The predicted octanol–water partition coefficient (Wildman–Crippen LogP) is 5.98. The Morgan fingerprint density at radius 3 is 2.65 bits per heavy atom. The van der Waals surface area contributed by atoms with E-state index in [2.05, 4.69) is 22.1 Å². The van der Waals surface area contributed by atoms with Gasteiger partial charge < -0.3 is 14.8 Å². The van der Waals surface area contributed by atoms with Gasteiger partial charge in [0, 0.05) is 17.0 Å². The van der Waals surface area contributed by atoms with E-state index in [4.69, 9.17) is 9.47 Å². The van der Waals surface area contributed by atoms with Crippen LogP contribution in [0.2, 0.25) is 0 Å². The molecule has 10 heteroatoms. The van der Waals surface area contributed by atoms with Gasteiger partial charge in [0.05, 0.1) is 24.0 Å². The second-order valence-corrected chi connectivity index (χ2v) is 10.7. The molecular formula is C27H32N4O4S2. The second kappa shape index (κ2) is 12.9. The maximum atomic E-state index is 12.8. The lowest BCUT2D eigenvalue weighted by Gasteiger charge is -2.13. The highest BCUT2D eigenvalue weighted by molar-refractivity contribution is 7.99. The van der Waals surface area contributed by atoms with Gasteiger partial charge in [0.15, 0.2) is 11.0 Å².